The molecule has 0 aliphatic carbocycles. The minimum atomic E-state index is -0.393. The van der Waals surface area contributed by atoms with Gasteiger partial charge in [0.1, 0.15) is 5.82 Å². The third kappa shape index (κ3) is 5.08. The number of amides is 1. The van der Waals surface area contributed by atoms with Crippen molar-refractivity contribution in [2.75, 3.05) is 5.32 Å². The van der Waals surface area contributed by atoms with Crippen LogP contribution in [0.5, 0.6) is 0 Å². The second kappa shape index (κ2) is 9.47. The van der Waals surface area contributed by atoms with Crippen molar-refractivity contribution in [3.8, 4) is 0 Å². The van der Waals surface area contributed by atoms with E-state index in [2.05, 4.69) is 16.9 Å². The van der Waals surface area contributed by atoms with E-state index in [0.29, 0.717) is 16.8 Å². The van der Waals surface area contributed by atoms with Gasteiger partial charge in [0.2, 0.25) is 0 Å². The minimum absolute atomic E-state index is 0.323. The Bertz CT molecular complexity index is 1140. The number of aromatic nitrogens is 1. The van der Waals surface area contributed by atoms with Crippen LogP contribution < -0.4 is 5.32 Å². The first kappa shape index (κ1) is 20.7. The topological polar surface area (TPSA) is 62.0 Å². The van der Waals surface area contributed by atoms with E-state index in [4.69, 9.17) is 0 Å². The van der Waals surface area contributed by atoms with Crippen LogP contribution in [0, 0.1) is 5.82 Å². The average molecular weight is 400 g/mol. The molecule has 4 nitrogen and oxygen atoms in total. The van der Waals surface area contributed by atoms with Gasteiger partial charge in [-0.1, -0.05) is 30.9 Å². The smallest absolute Gasteiger partial charge is 0.255 e. The first-order valence-electron chi connectivity index (χ1n) is 9.35. The SMILES string of the molecule is C=C(/C=C(\C=C/C)c1cc(C=O)c[nH]1)c1cccc(NC(=O)c2ccc(F)cc2)c1. The molecule has 0 unspecified atom stereocenters. The van der Waals surface area contributed by atoms with Gasteiger partial charge >= 0.3 is 0 Å². The molecule has 2 N–H and O–H groups in total. The fraction of sp³-hybridized carbons (Fsp3) is 0.0400. The molecule has 3 aromatic rings. The molecule has 1 aromatic heterocycles. The number of rotatable bonds is 7. The van der Waals surface area contributed by atoms with Crippen LogP contribution in [0.4, 0.5) is 10.1 Å². The maximum atomic E-state index is 13.1. The van der Waals surface area contributed by atoms with Crippen molar-refractivity contribution in [2.24, 2.45) is 0 Å². The number of hydrogen-bond acceptors (Lipinski definition) is 2. The summed E-state index contributed by atoms with van der Waals surface area (Å²) in [5, 5.41) is 2.81. The third-order valence-electron chi connectivity index (χ3n) is 4.43. The standard InChI is InChI=1S/C25H21FN2O2/c1-3-5-21(24-13-18(16-29)15-27-24)12-17(2)20-6-4-7-23(14-20)28-25(30)19-8-10-22(26)11-9-19/h3-16,27H,2H2,1H3,(H,28,30)/b5-3-,21-12+. The van der Waals surface area contributed by atoms with Crippen LogP contribution in [-0.2, 0) is 0 Å². The quantitative estimate of drug-likeness (QED) is 0.384. The molecule has 1 amide bonds. The molecule has 0 bridgehead atoms. The van der Waals surface area contributed by atoms with Gasteiger partial charge in [-0.3, -0.25) is 9.59 Å². The molecular formula is C25H21FN2O2. The average Bonchev–Trinajstić information content (AvgIpc) is 3.23. The Morgan fingerprint density at radius 1 is 1.10 bits per heavy atom. The number of carbonyl (C=O) groups is 2. The van der Waals surface area contributed by atoms with Crippen molar-refractivity contribution < 1.29 is 14.0 Å². The van der Waals surface area contributed by atoms with E-state index in [-0.39, 0.29) is 5.91 Å². The predicted octanol–water partition coefficient (Wildman–Crippen LogP) is 5.89. The van der Waals surface area contributed by atoms with Crippen molar-refractivity contribution in [3.63, 3.8) is 0 Å². The van der Waals surface area contributed by atoms with E-state index in [1.165, 1.54) is 24.3 Å². The first-order chi connectivity index (χ1) is 14.5. The number of anilines is 1. The molecule has 0 fully saturated rings. The second-order valence-electron chi connectivity index (χ2n) is 6.63. The van der Waals surface area contributed by atoms with Crippen LogP contribution in [-0.4, -0.2) is 17.2 Å². The summed E-state index contributed by atoms with van der Waals surface area (Å²) in [5.41, 5.74) is 4.78. The van der Waals surface area contributed by atoms with Gasteiger partial charge in [0, 0.05) is 28.7 Å². The lowest BCUT2D eigenvalue weighted by atomic mass is 10.0. The van der Waals surface area contributed by atoms with Crippen LogP contribution in [0.2, 0.25) is 0 Å². The lowest BCUT2D eigenvalue weighted by Crippen LogP contribution is -2.11. The van der Waals surface area contributed by atoms with Gasteiger partial charge in [-0.25, -0.2) is 4.39 Å². The number of benzene rings is 2. The molecule has 0 radical (unpaired) electrons. The number of allylic oxidation sites excluding steroid dienone is 5. The van der Waals surface area contributed by atoms with Gasteiger partial charge in [0.15, 0.2) is 6.29 Å². The molecule has 1 heterocycles. The molecular weight excluding hydrogens is 379 g/mol. The van der Waals surface area contributed by atoms with Crippen molar-refractivity contribution in [2.45, 2.75) is 6.92 Å². The van der Waals surface area contributed by atoms with Crippen molar-refractivity contribution >= 4 is 29.0 Å². The number of carbonyl (C=O) groups excluding carboxylic acids is 2. The van der Waals surface area contributed by atoms with Crippen LogP contribution in [0.1, 0.15) is 38.9 Å². The number of nitrogens with one attached hydrogen (secondary N) is 2. The van der Waals surface area contributed by atoms with E-state index in [1.54, 1.807) is 18.3 Å². The summed E-state index contributed by atoms with van der Waals surface area (Å²) in [5.74, 6) is -0.716. The van der Waals surface area contributed by atoms with E-state index >= 15 is 0 Å². The molecule has 0 aliphatic rings. The summed E-state index contributed by atoms with van der Waals surface area (Å²) >= 11 is 0. The number of hydrogen-bond donors (Lipinski definition) is 2. The zero-order chi connectivity index (χ0) is 21.5. The Morgan fingerprint density at radius 2 is 1.87 bits per heavy atom. The number of H-pyrrole nitrogens is 1. The highest BCUT2D eigenvalue weighted by Gasteiger charge is 2.08. The Balaban J connectivity index is 1.82. The van der Waals surface area contributed by atoms with E-state index in [9.17, 15) is 14.0 Å². The van der Waals surface area contributed by atoms with Crippen molar-refractivity contribution in [3.05, 3.63) is 114 Å². The molecule has 0 aliphatic heterocycles. The van der Waals surface area contributed by atoms with Crippen molar-refractivity contribution in [1.82, 2.24) is 4.98 Å². The summed E-state index contributed by atoms with van der Waals surface area (Å²) in [6, 6.07) is 14.4. The molecule has 0 saturated carbocycles. The highest BCUT2D eigenvalue weighted by Crippen LogP contribution is 2.24. The zero-order valence-corrected chi connectivity index (χ0v) is 16.5. The van der Waals surface area contributed by atoms with Gasteiger partial charge in [-0.05, 0) is 72.2 Å². The van der Waals surface area contributed by atoms with E-state index in [0.717, 1.165) is 28.7 Å². The summed E-state index contributed by atoms with van der Waals surface area (Å²) in [4.78, 5) is 26.4. The maximum absolute atomic E-state index is 13.1. The van der Waals surface area contributed by atoms with Gasteiger partial charge < -0.3 is 10.3 Å². The molecule has 0 saturated heterocycles. The Morgan fingerprint density at radius 3 is 2.53 bits per heavy atom. The van der Waals surface area contributed by atoms with Gasteiger partial charge in [0.25, 0.3) is 5.91 Å². The molecule has 2 aromatic carbocycles. The number of halogens is 1. The first-order valence-corrected chi connectivity index (χ1v) is 9.35. The number of aromatic amines is 1. The highest BCUT2D eigenvalue weighted by molar-refractivity contribution is 6.04. The third-order valence-corrected chi connectivity index (χ3v) is 4.43. The largest absolute Gasteiger partial charge is 0.360 e. The zero-order valence-electron chi connectivity index (χ0n) is 16.5. The van der Waals surface area contributed by atoms with Gasteiger partial charge in [-0.2, -0.15) is 0 Å². The summed E-state index contributed by atoms with van der Waals surface area (Å²) in [6.45, 7) is 6.05. The van der Waals surface area contributed by atoms with Gasteiger partial charge in [0.05, 0.1) is 0 Å². The van der Waals surface area contributed by atoms with E-state index < -0.39 is 5.82 Å². The summed E-state index contributed by atoms with van der Waals surface area (Å²) < 4.78 is 13.1. The molecule has 5 heteroatoms. The lowest BCUT2D eigenvalue weighted by Gasteiger charge is -2.09. The lowest BCUT2D eigenvalue weighted by molar-refractivity contribution is 0.102. The monoisotopic (exact) mass is 400 g/mol. The number of aldehydes is 1. The summed E-state index contributed by atoms with van der Waals surface area (Å²) in [7, 11) is 0. The van der Waals surface area contributed by atoms with E-state index in [1.807, 2.05) is 43.4 Å². The summed E-state index contributed by atoms with van der Waals surface area (Å²) in [6.07, 6.45) is 8.16. The fourth-order valence-electron chi connectivity index (χ4n) is 2.91. The van der Waals surface area contributed by atoms with Crippen LogP contribution in [0.25, 0.3) is 11.1 Å². The van der Waals surface area contributed by atoms with Crippen LogP contribution in [0.15, 0.2) is 85.6 Å². The molecule has 0 spiro atoms. The minimum Gasteiger partial charge on any atom is -0.360 e. The van der Waals surface area contributed by atoms with Crippen LogP contribution >= 0.6 is 0 Å². The second-order valence-corrected chi connectivity index (χ2v) is 6.63. The van der Waals surface area contributed by atoms with Gasteiger partial charge in [-0.15, -0.1) is 0 Å². The Hall–Kier alpha value is -3.99. The molecule has 3 rings (SSSR count). The fourth-order valence-corrected chi connectivity index (χ4v) is 2.91. The predicted molar refractivity (Wildman–Crippen MR) is 119 cm³/mol. The van der Waals surface area contributed by atoms with Crippen molar-refractivity contribution in [1.29, 1.82) is 0 Å². The molecule has 150 valence electrons. The van der Waals surface area contributed by atoms with Crippen LogP contribution in [0.3, 0.4) is 0 Å². The Kier molecular flexibility index (Phi) is 6.55. The highest BCUT2D eigenvalue weighted by atomic mass is 19.1. The molecule has 0 atom stereocenters. The molecule has 30 heavy (non-hydrogen) atoms. The maximum Gasteiger partial charge on any atom is 0.255 e. The normalized spacial score (nSPS) is 11.5. The Labute approximate surface area is 174 Å².